The molecule has 64 valence electrons. The lowest BCUT2D eigenvalue weighted by atomic mass is 10.1. The van der Waals surface area contributed by atoms with Crippen LogP contribution in [0.2, 0.25) is 0 Å². The lowest BCUT2D eigenvalue weighted by molar-refractivity contribution is 0.100. The van der Waals surface area contributed by atoms with E-state index in [1.807, 2.05) is 0 Å². The van der Waals surface area contributed by atoms with Crippen LogP contribution in [0, 0.1) is 0 Å². The molecule has 0 fully saturated rings. The van der Waals surface area contributed by atoms with E-state index in [1.54, 1.807) is 24.4 Å². The molecule has 0 aliphatic carbocycles. The second-order valence-electron chi connectivity index (χ2n) is 2.59. The molecule has 2 rings (SSSR count). The van der Waals surface area contributed by atoms with Crippen molar-refractivity contribution < 1.29 is 4.79 Å². The largest absolute Gasteiger partial charge is 0.366 e. The molecule has 1 aromatic carbocycles. The summed E-state index contributed by atoms with van der Waals surface area (Å²) in [5, 5.41) is 0. The molecule has 0 aliphatic rings. The molecule has 0 atom stereocenters. The van der Waals surface area contributed by atoms with Gasteiger partial charge in [-0.2, -0.15) is 0 Å². The number of hydrogen-bond donors (Lipinski definition) is 1. The molecule has 0 saturated carbocycles. The summed E-state index contributed by atoms with van der Waals surface area (Å²) < 4.78 is 0. The fourth-order valence-electron chi connectivity index (χ4n) is 1.19. The van der Waals surface area contributed by atoms with E-state index in [4.69, 9.17) is 5.73 Å². The van der Waals surface area contributed by atoms with Crippen molar-refractivity contribution in [3.8, 4) is 0 Å². The van der Waals surface area contributed by atoms with Crippen LogP contribution >= 0.6 is 0 Å². The van der Waals surface area contributed by atoms with Gasteiger partial charge in [0.2, 0.25) is 0 Å². The summed E-state index contributed by atoms with van der Waals surface area (Å²) in [5.41, 5.74) is 6.81. The Morgan fingerprint density at radius 2 is 2.00 bits per heavy atom. The average Bonchev–Trinajstić information content (AvgIpc) is 2.17. The molecule has 0 spiro atoms. The molecule has 0 radical (unpaired) electrons. The molecule has 4 nitrogen and oxygen atoms in total. The van der Waals surface area contributed by atoms with Gasteiger partial charge in [-0.15, -0.1) is 0 Å². The van der Waals surface area contributed by atoms with Crippen LogP contribution in [0.5, 0.6) is 0 Å². The normalized spacial score (nSPS) is 10.2. The second-order valence-corrected chi connectivity index (χ2v) is 2.59. The quantitative estimate of drug-likeness (QED) is 0.691. The Balaban J connectivity index is 2.83. The predicted octanol–water partition coefficient (Wildman–Crippen LogP) is 0.729. The number of carbonyl (C=O) groups is 1. The molecule has 0 unspecified atom stereocenters. The molecule has 4 heteroatoms. The van der Waals surface area contributed by atoms with Gasteiger partial charge >= 0.3 is 0 Å². The summed E-state index contributed by atoms with van der Waals surface area (Å²) in [6.45, 7) is 0. The fourth-order valence-corrected chi connectivity index (χ4v) is 1.19. The third-order valence-electron chi connectivity index (χ3n) is 1.76. The Hall–Kier alpha value is -1.97. The van der Waals surface area contributed by atoms with Gasteiger partial charge in [-0.05, 0) is 12.1 Å². The Labute approximate surface area is 74.4 Å². The number of rotatable bonds is 1. The minimum atomic E-state index is -0.480. The number of benzene rings is 1. The summed E-state index contributed by atoms with van der Waals surface area (Å²) in [6, 6.07) is 5.16. The van der Waals surface area contributed by atoms with Gasteiger partial charge in [0.05, 0.1) is 11.1 Å². The second kappa shape index (κ2) is 2.82. The zero-order valence-corrected chi connectivity index (χ0v) is 6.77. The minimum absolute atomic E-state index is 0.408. The number of nitrogens with zero attached hydrogens (tertiary/aromatic N) is 2. The number of aromatic nitrogens is 2. The van der Waals surface area contributed by atoms with E-state index in [2.05, 4.69) is 9.97 Å². The minimum Gasteiger partial charge on any atom is -0.366 e. The van der Waals surface area contributed by atoms with Gasteiger partial charge in [0.25, 0.3) is 5.91 Å². The molecule has 1 heterocycles. The highest BCUT2D eigenvalue weighted by atomic mass is 16.1. The highest BCUT2D eigenvalue weighted by molar-refractivity contribution is 6.03. The first-order valence-electron chi connectivity index (χ1n) is 3.78. The molecule has 1 amide bonds. The summed E-state index contributed by atoms with van der Waals surface area (Å²) in [6.07, 6.45) is 3.11. The Morgan fingerprint density at radius 3 is 2.77 bits per heavy atom. The van der Waals surface area contributed by atoms with Crippen LogP contribution in [0.25, 0.3) is 11.0 Å². The number of primary amides is 1. The number of para-hydroxylation sites is 1. The van der Waals surface area contributed by atoms with Crippen LogP contribution in [0.4, 0.5) is 0 Å². The summed E-state index contributed by atoms with van der Waals surface area (Å²) in [4.78, 5) is 19.1. The molecule has 2 N–H and O–H groups in total. The van der Waals surface area contributed by atoms with Gasteiger partial charge in [0.1, 0.15) is 5.52 Å². The van der Waals surface area contributed by atoms with Crippen LogP contribution in [0.3, 0.4) is 0 Å². The van der Waals surface area contributed by atoms with E-state index >= 15 is 0 Å². The fraction of sp³-hybridized carbons (Fsp3) is 0. The molecule has 13 heavy (non-hydrogen) atoms. The summed E-state index contributed by atoms with van der Waals surface area (Å²) in [5.74, 6) is -0.480. The van der Waals surface area contributed by atoms with Crippen LogP contribution in [0.15, 0.2) is 30.6 Å². The number of carbonyl (C=O) groups excluding carboxylic acids is 1. The topological polar surface area (TPSA) is 68.9 Å². The van der Waals surface area contributed by atoms with E-state index in [1.165, 1.54) is 6.20 Å². The monoisotopic (exact) mass is 173 g/mol. The van der Waals surface area contributed by atoms with Gasteiger partial charge in [-0.3, -0.25) is 14.8 Å². The summed E-state index contributed by atoms with van der Waals surface area (Å²) in [7, 11) is 0. The van der Waals surface area contributed by atoms with E-state index in [9.17, 15) is 4.79 Å². The number of amides is 1. The van der Waals surface area contributed by atoms with Crippen LogP contribution in [-0.2, 0) is 0 Å². The van der Waals surface area contributed by atoms with Crippen LogP contribution < -0.4 is 5.73 Å². The zero-order valence-electron chi connectivity index (χ0n) is 6.77. The standard InChI is InChI=1S/C9H7N3O/c10-9(13)6-2-1-3-7-8(6)12-5-4-11-7/h1-5H,(H2,10,13). The number of nitrogens with two attached hydrogens (primary N) is 1. The van der Waals surface area contributed by atoms with Gasteiger partial charge in [0.15, 0.2) is 0 Å². The number of hydrogen-bond acceptors (Lipinski definition) is 3. The maximum Gasteiger partial charge on any atom is 0.250 e. The third-order valence-corrected chi connectivity index (χ3v) is 1.76. The molecule has 0 saturated heterocycles. The van der Waals surface area contributed by atoms with Crippen molar-refractivity contribution in [1.29, 1.82) is 0 Å². The lowest BCUT2D eigenvalue weighted by Crippen LogP contribution is -2.11. The van der Waals surface area contributed by atoms with Crippen molar-refractivity contribution in [3.05, 3.63) is 36.2 Å². The van der Waals surface area contributed by atoms with Gasteiger partial charge in [-0.25, -0.2) is 0 Å². The van der Waals surface area contributed by atoms with Crippen molar-refractivity contribution in [2.24, 2.45) is 5.73 Å². The number of fused-ring (bicyclic) bond motifs is 1. The van der Waals surface area contributed by atoms with Crippen LogP contribution in [0.1, 0.15) is 10.4 Å². The molecule has 1 aromatic heterocycles. The van der Waals surface area contributed by atoms with E-state index in [0.717, 1.165) is 0 Å². The van der Waals surface area contributed by atoms with Crippen molar-refractivity contribution in [2.45, 2.75) is 0 Å². The zero-order chi connectivity index (χ0) is 9.26. The molecule has 0 aliphatic heterocycles. The van der Waals surface area contributed by atoms with Gasteiger partial charge in [-0.1, -0.05) is 6.07 Å². The molecular weight excluding hydrogens is 166 g/mol. The highest BCUT2D eigenvalue weighted by Crippen LogP contribution is 2.12. The summed E-state index contributed by atoms with van der Waals surface area (Å²) >= 11 is 0. The first-order chi connectivity index (χ1) is 6.29. The molecular formula is C9H7N3O. The van der Waals surface area contributed by atoms with E-state index in [0.29, 0.717) is 16.6 Å². The Morgan fingerprint density at radius 1 is 1.23 bits per heavy atom. The average molecular weight is 173 g/mol. The van der Waals surface area contributed by atoms with E-state index in [-0.39, 0.29) is 0 Å². The lowest BCUT2D eigenvalue weighted by Gasteiger charge is -1.99. The van der Waals surface area contributed by atoms with Gasteiger partial charge in [0, 0.05) is 12.4 Å². The maximum atomic E-state index is 11.0. The first-order valence-corrected chi connectivity index (χ1v) is 3.78. The smallest absolute Gasteiger partial charge is 0.250 e. The van der Waals surface area contributed by atoms with Crippen molar-refractivity contribution in [1.82, 2.24) is 9.97 Å². The van der Waals surface area contributed by atoms with Crippen LogP contribution in [-0.4, -0.2) is 15.9 Å². The van der Waals surface area contributed by atoms with Crippen molar-refractivity contribution >= 4 is 16.9 Å². The first kappa shape index (κ1) is 7.67. The molecule has 0 bridgehead atoms. The SMILES string of the molecule is NC(=O)c1cccc2nccnc12. The van der Waals surface area contributed by atoms with Crippen molar-refractivity contribution in [2.75, 3.05) is 0 Å². The van der Waals surface area contributed by atoms with E-state index < -0.39 is 5.91 Å². The maximum absolute atomic E-state index is 11.0. The Bertz CT molecular complexity index is 462. The van der Waals surface area contributed by atoms with Gasteiger partial charge < -0.3 is 5.73 Å². The molecule has 2 aromatic rings. The highest BCUT2D eigenvalue weighted by Gasteiger charge is 2.06. The van der Waals surface area contributed by atoms with Crippen molar-refractivity contribution in [3.63, 3.8) is 0 Å². The third kappa shape index (κ3) is 1.22. The Kier molecular flexibility index (Phi) is 1.66. The predicted molar refractivity (Wildman–Crippen MR) is 48.1 cm³/mol.